The summed E-state index contributed by atoms with van der Waals surface area (Å²) in [5.74, 6) is 0.129. The summed E-state index contributed by atoms with van der Waals surface area (Å²) >= 11 is 0. The number of carbonyl (C=O) groups excluding carboxylic acids is 1. The van der Waals surface area contributed by atoms with E-state index < -0.39 is 17.2 Å². The van der Waals surface area contributed by atoms with Crippen LogP contribution in [0.25, 0.3) is 16.9 Å². The smallest absolute Gasteiger partial charge is 0.332 e. The molecule has 9 nitrogen and oxygen atoms in total. The molecule has 3 rings (SSSR count). The van der Waals surface area contributed by atoms with Gasteiger partial charge in [-0.3, -0.25) is 23.1 Å². The molecule has 27 heavy (non-hydrogen) atoms. The fourth-order valence-corrected chi connectivity index (χ4v) is 3.30. The Morgan fingerprint density at radius 3 is 2.56 bits per heavy atom. The van der Waals surface area contributed by atoms with Gasteiger partial charge in [0, 0.05) is 31.5 Å². The molecule has 144 valence electrons. The molecule has 0 aliphatic rings. The number of aryl methyl sites for hydroxylation is 2. The average molecular weight is 373 g/mol. The van der Waals surface area contributed by atoms with Crippen molar-refractivity contribution in [3.05, 3.63) is 44.9 Å². The first-order chi connectivity index (χ1) is 12.8. The van der Waals surface area contributed by atoms with Crippen molar-refractivity contribution in [1.82, 2.24) is 23.1 Å². The van der Waals surface area contributed by atoms with Gasteiger partial charge in [-0.25, -0.2) is 4.79 Å². The van der Waals surface area contributed by atoms with E-state index >= 15 is 0 Å². The molecule has 0 atom stereocenters. The third-order valence-corrected chi connectivity index (χ3v) is 4.79. The van der Waals surface area contributed by atoms with Gasteiger partial charge in [-0.2, -0.15) is 4.98 Å². The maximum Gasteiger partial charge on any atom is 0.332 e. The molecule has 3 heterocycles. The van der Waals surface area contributed by atoms with Crippen molar-refractivity contribution in [2.45, 2.75) is 40.3 Å². The third-order valence-electron chi connectivity index (χ3n) is 4.79. The Hall–Kier alpha value is -3.10. The number of hydrogen-bond donors (Lipinski definition) is 0. The molecule has 3 aromatic rings. The Kier molecular flexibility index (Phi) is 4.77. The number of esters is 1. The van der Waals surface area contributed by atoms with Crippen molar-refractivity contribution in [2.24, 2.45) is 7.05 Å². The second-order valence-electron chi connectivity index (χ2n) is 6.34. The predicted octanol–water partition coefficient (Wildman–Crippen LogP) is 0.905. The highest BCUT2D eigenvalue weighted by Gasteiger charge is 2.22. The highest BCUT2D eigenvalue weighted by atomic mass is 16.5. The van der Waals surface area contributed by atoms with Crippen LogP contribution >= 0.6 is 0 Å². The number of allylic oxidation sites excluding steroid dienone is 1. The Bertz CT molecular complexity index is 1170. The van der Waals surface area contributed by atoms with E-state index in [-0.39, 0.29) is 19.6 Å². The zero-order valence-corrected chi connectivity index (χ0v) is 16.0. The van der Waals surface area contributed by atoms with Gasteiger partial charge in [-0.15, -0.1) is 6.58 Å². The van der Waals surface area contributed by atoms with Crippen molar-refractivity contribution in [3.8, 4) is 0 Å². The summed E-state index contributed by atoms with van der Waals surface area (Å²) in [6.07, 6.45) is 1.70. The molecule has 0 fully saturated rings. The van der Waals surface area contributed by atoms with Gasteiger partial charge in [0.2, 0.25) is 5.78 Å². The van der Waals surface area contributed by atoms with Crippen molar-refractivity contribution in [3.63, 3.8) is 0 Å². The van der Waals surface area contributed by atoms with Gasteiger partial charge < -0.3 is 9.30 Å². The number of ether oxygens (including phenoxy) is 1. The van der Waals surface area contributed by atoms with Crippen LogP contribution in [-0.4, -0.2) is 35.7 Å². The van der Waals surface area contributed by atoms with Gasteiger partial charge in [-0.05, 0) is 20.8 Å². The third kappa shape index (κ3) is 2.79. The lowest BCUT2D eigenvalue weighted by molar-refractivity contribution is -0.143. The summed E-state index contributed by atoms with van der Waals surface area (Å²) in [5.41, 5.74) is 1.48. The van der Waals surface area contributed by atoms with E-state index in [2.05, 4.69) is 11.6 Å². The number of rotatable bonds is 6. The number of aromatic nitrogens is 5. The van der Waals surface area contributed by atoms with Gasteiger partial charge in [0.15, 0.2) is 11.2 Å². The first-order valence-electron chi connectivity index (χ1n) is 8.77. The fraction of sp³-hybridized carbons (Fsp3) is 0.444. The minimum absolute atomic E-state index is 0.0427. The van der Waals surface area contributed by atoms with E-state index in [4.69, 9.17) is 4.74 Å². The lowest BCUT2D eigenvalue weighted by Gasteiger charge is -2.08. The lowest BCUT2D eigenvalue weighted by Crippen LogP contribution is -2.40. The number of hydrogen-bond acceptors (Lipinski definition) is 5. The van der Waals surface area contributed by atoms with Crippen molar-refractivity contribution in [2.75, 3.05) is 6.61 Å². The van der Waals surface area contributed by atoms with Crippen LogP contribution in [0, 0.1) is 13.8 Å². The highest BCUT2D eigenvalue weighted by Crippen LogP contribution is 2.20. The maximum atomic E-state index is 13.1. The van der Waals surface area contributed by atoms with Gasteiger partial charge in [0.1, 0.15) is 0 Å². The number of nitrogens with zero attached hydrogens (tertiary/aromatic N) is 5. The van der Waals surface area contributed by atoms with Crippen LogP contribution in [0.2, 0.25) is 0 Å². The van der Waals surface area contributed by atoms with Gasteiger partial charge in [0.05, 0.1) is 13.0 Å². The summed E-state index contributed by atoms with van der Waals surface area (Å²) in [6, 6.07) is 0. The van der Waals surface area contributed by atoms with Crippen LogP contribution in [-0.2, 0) is 29.7 Å². The molecule has 0 aliphatic heterocycles. The number of fused-ring (bicyclic) bond motifs is 3. The standard InChI is InChI=1S/C18H23N5O4/c1-6-9-21-11(3)12(4)23-14-15(19-17(21)23)20(5)18(26)22(16(14)25)10-8-13(24)27-7-2/h6H,1,7-10H2,2-5H3. The minimum atomic E-state index is -0.512. The monoisotopic (exact) mass is 373 g/mol. The van der Waals surface area contributed by atoms with E-state index in [1.165, 1.54) is 4.57 Å². The second kappa shape index (κ2) is 6.90. The van der Waals surface area contributed by atoms with Crippen molar-refractivity contribution in [1.29, 1.82) is 0 Å². The van der Waals surface area contributed by atoms with Gasteiger partial charge in [-0.1, -0.05) is 6.08 Å². The van der Waals surface area contributed by atoms with Crippen LogP contribution in [0.15, 0.2) is 22.2 Å². The molecule has 0 radical (unpaired) electrons. The molecular weight excluding hydrogens is 350 g/mol. The molecule has 0 aliphatic carbocycles. The number of imidazole rings is 2. The molecule has 0 bridgehead atoms. The van der Waals surface area contributed by atoms with Gasteiger partial charge in [0.25, 0.3) is 5.56 Å². The lowest BCUT2D eigenvalue weighted by atomic mass is 10.3. The SMILES string of the molecule is C=CCn1c(C)c(C)n2c3c(=O)n(CCC(=O)OCC)c(=O)n(C)c3nc12. The van der Waals surface area contributed by atoms with E-state index in [1.54, 1.807) is 24.4 Å². The van der Waals surface area contributed by atoms with Crippen LogP contribution in [0.5, 0.6) is 0 Å². The molecule has 9 heteroatoms. The van der Waals surface area contributed by atoms with E-state index in [0.29, 0.717) is 23.5 Å². The average Bonchev–Trinajstić information content (AvgIpc) is 3.12. The summed E-state index contributed by atoms with van der Waals surface area (Å²) in [6.45, 7) is 10.1. The van der Waals surface area contributed by atoms with Crippen LogP contribution in [0.4, 0.5) is 0 Å². The summed E-state index contributed by atoms with van der Waals surface area (Å²) in [7, 11) is 1.57. The summed E-state index contributed by atoms with van der Waals surface area (Å²) in [5, 5.41) is 0. The molecule has 0 aromatic carbocycles. The van der Waals surface area contributed by atoms with Crippen LogP contribution in [0.1, 0.15) is 24.7 Å². The molecule has 0 saturated heterocycles. The molecule has 3 aromatic heterocycles. The Morgan fingerprint density at radius 1 is 1.22 bits per heavy atom. The van der Waals surface area contributed by atoms with E-state index in [0.717, 1.165) is 16.0 Å². The Morgan fingerprint density at radius 2 is 1.93 bits per heavy atom. The fourth-order valence-electron chi connectivity index (χ4n) is 3.30. The van der Waals surface area contributed by atoms with Crippen molar-refractivity contribution < 1.29 is 9.53 Å². The van der Waals surface area contributed by atoms with Crippen LogP contribution in [0.3, 0.4) is 0 Å². The first kappa shape index (κ1) is 18.7. The molecule has 0 saturated carbocycles. The van der Waals surface area contributed by atoms with Crippen LogP contribution < -0.4 is 11.2 Å². The summed E-state index contributed by atoms with van der Waals surface area (Å²) in [4.78, 5) is 41.9. The zero-order chi connectivity index (χ0) is 19.9. The maximum absolute atomic E-state index is 13.1. The van der Waals surface area contributed by atoms with Crippen molar-refractivity contribution >= 4 is 22.9 Å². The Labute approximate surface area is 155 Å². The molecule has 0 unspecified atom stereocenters. The first-order valence-corrected chi connectivity index (χ1v) is 8.77. The quantitative estimate of drug-likeness (QED) is 0.473. The molecular formula is C18H23N5O4. The molecule has 0 spiro atoms. The Balaban J connectivity index is 2.29. The highest BCUT2D eigenvalue weighted by molar-refractivity contribution is 5.76. The molecule has 0 amide bonds. The van der Waals surface area contributed by atoms with E-state index in [9.17, 15) is 14.4 Å². The topological polar surface area (TPSA) is 92.5 Å². The summed E-state index contributed by atoms with van der Waals surface area (Å²) < 4.78 is 11.0. The second-order valence-corrected chi connectivity index (χ2v) is 6.34. The number of carbonyl (C=O) groups is 1. The minimum Gasteiger partial charge on any atom is -0.466 e. The normalized spacial score (nSPS) is 11.4. The van der Waals surface area contributed by atoms with Gasteiger partial charge >= 0.3 is 11.7 Å². The predicted molar refractivity (Wildman–Crippen MR) is 101 cm³/mol. The zero-order valence-electron chi connectivity index (χ0n) is 16.0. The molecule has 0 N–H and O–H groups in total. The van der Waals surface area contributed by atoms with E-state index in [1.807, 2.05) is 18.4 Å². The largest absolute Gasteiger partial charge is 0.466 e.